The van der Waals surface area contributed by atoms with Crippen molar-refractivity contribution in [1.82, 2.24) is 10.6 Å². The van der Waals surface area contributed by atoms with E-state index < -0.39 is 6.04 Å². The molecule has 1 aromatic rings. The average Bonchev–Trinajstić information content (AvgIpc) is 2.80. The molecule has 3 rings (SSSR count). The van der Waals surface area contributed by atoms with Crippen LogP contribution in [0.5, 0.6) is 0 Å². The molecule has 0 radical (unpaired) electrons. The Morgan fingerprint density at radius 2 is 2.10 bits per heavy atom. The molecule has 0 saturated carbocycles. The van der Waals surface area contributed by atoms with Crippen molar-refractivity contribution in [1.29, 1.82) is 0 Å². The lowest BCUT2D eigenvalue weighted by Crippen LogP contribution is -2.52. The molecular weight excluding hydrogens is 258 g/mol. The van der Waals surface area contributed by atoms with Crippen LogP contribution in [0.4, 0.5) is 10.5 Å². The molecule has 3 atom stereocenters. The van der Waals surface area contributed by atoms with Gasteiger partial charge in [0, 0.05) is 11.3 Å². The second-order valence-corrected chi connectivity index (χ2v) is 5.09. The number of fused-ring (bicyclic) bond motifs is 3. The van der Waals surface area contributed by atoms with Gasteiger partial charge in [-0.2, -0.15) is 0 Å². The first kappa shape index (κ1) is 12.8. The van der Waals surface area contributed by atoms with Gasteiger partial charge in [-0.1, -0.05) is 17.7 Å². The van der Waals surface area contributed by atoms with Crippen molar-refractivity contribution in [2.24, 2.45) is 0 Å². The van der Waals surface area contributed by atoms with Crippen LogP contribution in [0.15, 0.2) is 18.2 Å². The predicted octanol–water partition coefficient (Wildman–Crippen LogP) is 1.07. The van der Waals surface area contributed by atoms with E-state index in [9.17, 15) is 9.59 Å². The second-order valence-electron chi connectivity index (χ2n) is 5.09. The van der Waals surface area contributed by atoms with Crippen molar-refractivity contribution in [2.45, 2.75) is 32.0 Å². The molecule has 2 heterocycles. The van der Waals surface area contributed by atoms with Gasteiger partial charge in [0.1, 0.15) is 6.04 Å². The van der Waals surface area contributed by atoms with E-state index in [1.807, 2.05) is 25.1 Å². The summed E-state index contributed by atoms with van der Waals surface area (Å²) in [5.41, 5.74) is 2.97. The number of rotatable bonds is 2. The molecule has 1 unspecified atom stereocenters. The summed E-state index contributed by atoms with van der Waals surface area (Å²) in [7, 11) is 0. The van der Waals surface area contributed by atoms with Crippen LogP contribution in [-0.4, -0.2) is 30.7 Å². The summed E-state index contributed by atoms with van der Waals surface area (Å²) in [6.07, 6.45) is 0. The zero-order chi connectivity index (χ0) is 14.3. The summed E-state index contributed by atoms with van der Waals surface area (Å²) in [5, 5.41) is 8.83. The smallest absolute Gasteiger partial charge is 0.330 e. The molecule has 2 aliphatic rings. The fourth-order valence-electron chi connectivity index (χ4n) is 2.82. The third kappa shape index (κ3) is 1.97. The molecule has 106 valence electrons. The summed E-state index contributed by atoms with van der Waals surface area (Å²) in [6.45, 7) is 4.08. The lowest BCUT2D eigenvalue weighted by molar-refractivity contribution is -0.144. The van der Waals surface area contributed by atoms with Crippen molar-refractivity contribution < 1.29 is 14.3 Å². The maximum Gasteiger partial charge on any atom is 0.330 e. The highest BCUT2D eigenvalue weighted by atomic mass is 16.5. The van der Waals surface area contributed by atoms with Gasteiger partial charge in [-0.15, -0.1) is 0 Å². The Kier molecular flexibility index (Phi) is 3.00. The van der Waals surface area contributed by atoms with Crippen LogP contribution in [0.1, 0.15) is 24.1 Å². The number of carbonyl (C=O) groups is 2. The number of ether oxygens (including phenoxy) is 1. The number of hydrogen-bond donors (Lipinski definition) is 3. The van der Waals surface area contributed by atoms with Gasteiger partial charge in [-0.05, 0) is 19.9 Å². The van der Waals surface area contributed by atoms with Gasteiger partial charge in [0.05, 0.1) is 18.7 Å². The van der Waals surface area contributed by atoms with E-state index in [4.69, 9.17) is 4.74 Å². The predicted molar refractivity (Wildman–Crippen MR) is 73.4 cm³/mol. The highest BCUT2D eigenvalue weighted by molar-refractivity contribution is 5.87. The fourth-order valence-corrected chi connectivity index (χ4v) is 2.82. The van der Waals surface area contributed by atoms with Crippen LogP contribution in [0, 0.1) is 6.92 Å². The summed E-state index contributed by atoms with van der Waals surface area (Å²) in [5.74, 6) is -0.349. The summed E-state index contributed by atoms with van der Waals surface area (Å²) in [6, 6.07) is 4.54. The molecule has 3 N–H and O–H groups in total. The maximum atomic E-state index is 12.1. The first-order valence-corrected chi connectivity index (χ1v) is 6.71. The van der Waals surface area contributed by atoms with Gasteiger partial charge in [-0.25, -0.2) is 9.59 Å². The third-order valence-corrected chi connectivity index (χ3v) is 3.70. The number of benzene rings is 1. The topological polar surface area (TPSA) is 79.5 Å². The van der Waals surface area contributed by atoms with Crippen molar-refractivity contribution in [3.05, 3.63) is 29.3 Å². The van der Waals surface area contributed by atoms with Crippen molar-refractivity contribution >= 4 is 17.7 Å². The quantitative estimate of drug-likeness (QED) is 0.706. The molecule has 0 spiro atoms. The van der Waals surface area contributed by atoms with Crippen LogP contribution in [0.3, 0.4) is 0 Å². The Morgan fingerprint density at radius 1 is 1.30 bits per heavy atom. The largest absolute Gasteiger partial charge is 0.464 e. The maximum absolute atomic E-state index is 12.1. The summed E-state index contributed by atoms with van der Waals surface area (Å²) >= 11 is 0. The number of amides is 2. The van der Waals surface area contributed by atoms with Gasteiger partial charge in [0.15, 0.2) is 0 Å². The number of nitrogens with one attached hydrogen (secondary N) is 3. The number of hydrogen-bond acceptors (Lipinski definition) is 4. The molecule has 2 aliphatic heterocycles. The molecule has 6 heteroatoms. The van der Waals surface area contributed by atoms with Gasteiger partial charge < -0.3 is 20.7 Å². The van der Waals surface area contributed by atoms with Crippen molar-refractivity contribution in [3.63, 3.8) is 0 Å². The highest BCUT2D eigenvalue weighted by Gasteiger charge is 2.46. The fraction of sp³-hybridized carbons (Fsp3) is 0.429. The van der Waals surface area contributed by atoms with Crippen LogP contribution in [0.2, 0.25) is 0 Å². The molecule has 0 aliphatic carbocycles. The van der Waals surface area contributed by atoms with E-state index in [1.54, 1.807) is 6.92 Å². The Morgan fingerprint density at radius 3 is 2.85 bits per heavy atom. The monoisotopic (exact) mass is 275 g/mol. The van der Waals surface area contributed by atoms with E-state index in [1.165, 1.54) is 0 Å². The second kappa shape index (κ2) is 4.70. The molecular formula is C14H17N3O3. The number of urea groups is 1. The molecule has 1 saturated heterocycles. The lowest BCUT2D eigenvalue weighted by Gasteiger charge is -2.34. The molecule has 2 amide bonds. The Balaban J connectivity index is 1.99. The van der Waals surface area contributed by atoms with Crippen molar-refractivity contribution in [3.8, 4) is 0 Å². The molecule has 0 aromatic heterocycles. The summed E-state index contributed by atoms with van der Waals surface area (Å²) in [4.78, 5) is 23.7. The highest BCUT2D eigenvalue weighted by Crippen LogP contribution is 2.36. The van der Waals surface area contributed by atoms with Crippen LogP contribution in [0.25, 0.3) is 0 Å². The number of aryl methyl sites for hydroxylation is 1. The zero-order valence-corrected chi connectivity index (χ0v) is 11.4. The molecule has 1 aromatic carbocycles. The van der Waals surface area contributed by atoms with E-state index in [-0.39, 0.29) is 24.1 Å². The Hall–Kier alpha value is -2.24. The standard InChI is InChI=1S/C14H17N3O3/c1-3-20-13(18)12-11-10(16-14(19)17-11)8-6-7(2)4-5-9(8)15-12/h4-6,10-12,15H,3H2,1-2H3,(H2,16,17,19)/t10-,11-,12?/m1/s1. The van der Waals surface area contributed by atoms with E-state index >= 15 is 0 Å². The lowest BCUT2D eigenvalue weighted by atomic mass is 9.88. The normalized spacial score (nSPS) is 26.7. The van der Waals surface area contributed by atoms with Crippen LogP contribution < -0.4 is 16.0 Å². The van der Waals surface area contributed by atoms with Crippen LogP contribution >= 0.6 is 0 Å². The summed E-state index contributed by atoms with van der Waals surface area (Å²) < 4.78 is 5.08. The van der Waals surface area contributed by atoms with Crippen molar-refractivity contribution in [2.75, 3.05) is 11.9 Å². The zero-order valence-electron chi connectivity index (χ0n) is 11.4. The number of carbonyl (C=O) groups excluding carboxylic acids is 2. The minimum Gasteiger partial charge on any atom is -0.464 e. The minimum absolute atomic E-state index is 0.215. The van der Waals surface area contributed by atoms with Gasteiger partial charge in [0.25, 0.3) is 0 Å². The Labute approximate surface area is 116 Å². The molecule has 1 fully saturated rings. The Bertz CT molecular complexity index is 573. The SMILES string of the molecule is CCOC(=O)C1Nc2ccc(C)cc2[C@H]2NC(=O)N[C@@H]12. The van der Waals surface area contributed by atoms with E-state index in [0.717, 1.165) is 16.8 Å². The number of esters is 1. The third-order valence-electron chi connectivity index (χ3n) is 3.70. The number of anilines is 1. The average molecular weight is 275 g/mol. The first-order valence-electron chi connectivity index (χ1n) is 6.71. The van der Waals surface area contributed by atoms with E-state index in [2.05, 4.69) is 16.0 Å². The van der Waals surface area contributed by atoms with Gasteiger partial charge in [-0.3, -0.25) is 0 Å². The minimum atomic E-state index is -0.575. The molecule has 6 nitrogen and oxygen atoms in total. The first-order chi connectivity index (χ1) is 9.60. The van der Waals surface area contributed by atoms with Crippen LogP contribution in [-0.2, 0) is 9.53 Å². The van der Waals surface area contributed by atoms with Gasteiger partial charge in [0.2, 0.25) is 0 Å². The molecule has 20 heavy (non-hydrogen) atoms. The van der Waals surface area contributed by atoms with Gasteiger partial charge >= 0.3 is 12.0 Å². The molecule has 0 bridgehead atoms. The van der Waals surface area contributed by atoms with E-state index in [0.29, 0.717) is 6.61 Å².